The Kier molecular flexibility index (Phi) is 4.40. The molecule has 1 unspecified atom stereocenters. The van der Waals surface area contributed by atoms with Gasteiger partial charge in [-0.2, -0.15) is 0 Å². The fourth-order valence-corrected chi connectivity index (χ4v) is 3.52. The van der Waals surface area contributed by atoms with Crippen LogP contribution in [0.1, 0.15) is 10.8 Å². The minimum atomic E-state index is -0.488. The number of halogens is 1. The van der Waals surface area contributed by atoms with Crippen molar-refractivity contribution in [3.63, 3.8) is 0 Å². The van der Waals surface area contributed by atoms with Crippen LogP contribution in [-0.4, -0.2) is 15.9 Å². The van der Waals surface area contributed by atoms with Crippen LogP contribution in [0.25, 0.3) is 10.9 Å². The predicted octanol–water partition coefficient (Wildman–Crippen LogP) is 3.71. The van der Waals surface area contributed by atoms with Gasteiger partial charge in [0.25, 0.3) is 0 Å². The molecule has 110 valence electrons. The van der Waals surface area contributed by atoms with E-state index in [1.54, 1.807) is 0 Å². The third-order valence-electron chi connectivity index (χ3n) is 3.15. The highest BCUT2D eigenvalue weighted by Crippen LogP contribution is 2.37. The first-order valence-electron chi connectivity index (χ1n) is 6.56. The second-order valence-electron chi connectivity index (χ2n) is 4.65. The lowest BCUT2D eigenvalue weighted by Gasteiger charge is -2.14. The van der Waals surface area contributed by atoms with Gasteiger partial charge in [0, 0.05) is 9.86 Å². The molecule has 0 aliphatic rings. The molecule has 0 aliphatic carbocycles. The van der Waals surface area contributed by atoms with Crippen LogP contribution in [0.3, 0.4) is 0 Å². The van der Waals surface area contributed by atoms with Crippen molar-refractivity contribution in [3.05, 3.63) is 64.9 Å². The summed E-state index contributed by atoms with van der Waals surface area (Å²) in [6, 6.07) is 15.2. The molecule has 6 heteroatoms. The number of thioether (sulfide) groups is 1. The van der Waals surface area contributed by atoms with Crippen LogP contribution in [0.5, 0.6) is 0 Å². The van der Waals surface area contributed by atoms with Gasteiger partial charge in [-0.15, -0.1) is 0 Å². The lowest BCUT2D eigenvalue weighted by Crippen LogP contribution is -2.19. The summed E-state index contributed by atoms with van der Waals surface area (Å²) in [7, 11) is 0. The van der Waals surface area contributed by atoms with Crippen LogP contribution in [0.2, 0.25) is 0 Å². The smallest absolute Gasteiger partial charge is 0.235 e. The maximum atomic E-state index is 11.9. The van der Waals surface area contributed by atoms with Gasteiger partial charge in [0.2, 0.25) is 5.91 Å². The van der Waals surface area contributed by atoms with Crippen LogP contribution >= 0.6 is 27.7 Å². The van der Waals surface area contributed by atoms with Crippen molar-refractivity contribution in [2.24, 2.45) is 5.73 Å². The van der Waals surface area contributed by atoms with E-state index < -0.39 is 11.2 Å². The van der Waals surface area contributed by atoms with Crippen LogP contribution in [-0.2, 0) is 4.79 Å². The Bertz CT molecular complexity index is 826. The highest BCUT2D eigenvalue weighted by molar-refractivity contribution is 9.10. The Morgan fingerprint density at radius 2 is 1.91 bits per heavy atom. The zero-order valence-electron chi connectivity index (χ0n) is 11.4. The second kappa shape index (κ2) is 6.46. The molecule has 0 fully saturated rings. The van der Waals surface area contributed by atoms with Gasteiger partial charge in [0.1, 0.15) is 16.6 Å². The van der Waals surface area contributed by atoms with Crippen molar-refractivity contribution in [1.29, 1.82) is 0 Å². The van der Waals surface area contributed by atoms with Gasteiger partial charge >= 0.3 is 0 Å². The molecule has 2 aromatic carbocycles. The molecule has 1 atom stereocenters. The van der Waals surface area contributed by atoms with Crippen LogP contribution < -0.4 is 5.73 Å². The number of primary amides is 1. The number of fused-ring (bicyclic) bond motifs is 1. The van der Waals surface area contributed by atoms with Crippen molar-refractivity contribution in [2.45, 2.75) is 10.3 Å². The monoisotopic (exact) mass is 373 g/mol. The lowest BCUT2D eigenvalue weighted by atomic mass is 10.1. The minimum absolute atomic E-state index is 0.391. The van der Waals surface area contributed by atoms with Gasteiger partial charge in [-0.3, -0.25) is 4.79 Å². The predicted molar refractivity (Wildman–Crippen MR) is 91.5 cm³/mol. The maximum Gasteiger partial charge on any atom is 0.235 e. The average molecular weight is 374 g/mol. The zero-order valence-corrected chi connectivity index (χ0v) is 13.8. The van der Waals surface area contributed by atoms with E-state index in [-0.39, 0.29) is 0 Å². The van der Waals surface area contributed by atoms with E-state index in [4.69, 9.17) is 5.73 Å². The molecular formula is C16H12BrN3OS. The number of carbonyl (C=O) groups is 1. The number of carbonyl (C=O) groups excluding carboxylic acids is 1. The number of nitrogens with zero attached hydrogens (tertiary/aromatic N) is 2. The van der Waals surface area contributed by atoms with E-state index in [9.17, 15) is 4.79 Å². The molecule has 0 bridgehead atoms. The molecule has 3 aromatic rings. The van der Waals surface area contributed by atoms with Crippen molar-refractivity contribution >= 4 is 44.5 Å². The summed E-state index contributed by atoms with van der Waals surface area (Å²) in [5.74, 6) is -0.391. The summed E-state index contributed by atoms with van der Waals surface area (Å²) in [5, 5.41) is 1.14. The van der Waals surface area contributed by atoms with E-state index in [1.165, 1.54) is 18.1 Å². The number of amides is 1. The van der Waals surface area contributed by atoms with Crippen LogP contribution in [0.15, 0.2) is 64.4 Å². The van der Waals surface area contributed by atoms with Gasteiger partial charge in [0.05, 0.1) is 5.52 Å². The normalized spacial score (nSPS) is 12.2. The second-order valence-corrected chi connectivity index (χ2v) is 6.66. The fourth-order valence-electron chi connectivity index (χ4n) is 2.13. The molecule has 1 heterocycles. The van der Waals surface area contributed by atoms with Crippen molar-refractivity contribution in [3.8, 4) is 0 Å². The molecular weight excluding hydrogens is 362 g/mol. The lowest BCUT2D eigenvalue weighted by molar-refractivity contribution is -0.117. The molecule has 1 amide bonds. The molecule has 0 radical (unpaired) electrons. The summed E-state index contributed by atoms with van der Waals surface area (Å²) in [6.07, 6.45) is 1.50. The number of benzene rings is 2. The van der Waals surface area contributed by atoms with Crippen LogP contribution in [0.4, 0.5) is 0 Å². The van der Waals surface area contributed by atoms with Gasteiger partial charge in [-0.25, -0.2) is 9.97 Å². The summed E-state index contributed by atoms with van der Waals surface area (Å²) < 4.78 is 0.937. The summed E-state index contributed by atoms with van der Waals surface area (Å²) in [6.45, 7) is 0. The third-order valence-corrected chi connectivity index (χ3v) is 4.93. The van der Waals surface area contributed by atoms with Gasteiger partial charge in [-0.1, -0.05) is 58.0 Å². The van der Waals surface area contributed by atoms with E-state index in [0.717, 1.165) is 26.0 Å². The largest absolute Gasteiger partial charge is 0.368 e. The Hall–Kier alpha value is -1.92. The van der Waals surface area contributed by atoms with Crippen molar-refractivity contribution in [1.82, 2.24) is 9.97 Å². The molecule has 0 saturated carbocycles. The summed E-state index contributed by atoms with van der Waals surface area (Å²) >= 11 is 4.79. The Morgan fingerprint density at radius 3 is 2.64 bits per heavy atom. The van der Waals surface area contributed by atoms with E-state index in [0.29, 0.717) is 0 Å². The highest BCUT2D eigenvalue weighted by Gasteiger charge is 2.21. The Morgan fingerprint density at radius 1 is 1.14 bits per heavy atom. The molecule has 0 saturated heterocycles. The van der Waals surface area contributed by atoms with E-state index in [1.807, 2.05) is 48.5 Å². The van der Waals surface area contributed by atoms with Gasteiger partial charge in [0.15, 0.2) is 0 Å². The molecule has 22 heavy (non-hydrogen) atoms. The van der Waals surface area contributed by atoms with E-state index >= 15 is 0 Å². The number of rotatable bonds is 4. The Balaban J connectivity index is 2.04. The molecule has 1 aromatic heterocycles. The molecule has 0 spiro atoms. The van der Waals surface area contributed by atoms with Gasteiger partial charge < -0.3 is 5.73 Å². The number of hydrogen-bond donors (Lipinski definition) is 1. The minimum Gasteiger partial charge on any atom is -0.368 e. The number of aromatic nitrogens is 2. The number of hydrogen-bond acceptors (Lipinski definition) is 4. The first kappa shape index (κ1) is 15.0. The van der Waals surface area contributed by atoms with E-state index in [2.05, 4.69) is 25.9 Å². The van der Waals surface area contributed by atoms with Crippen molar-refractivity contribution < 1.29 is 4.79 Å². The standard InChI is InChI=1S/C16H12BrN3OS/c17-11-6-7-13-12(8-11)16(20-9-19-13)22-14(15(18)21)10-4-2-1-3-5-10/h1-9,14H,(H2,18,21). The SMILES string of the molecule is NC(=O)C(Sc1ncnc2ccc(Br)cc12)c1ccccc1. The number of nitrogens with two attached hydrogens (primary N) is 1. The summed E-state index contributed by atoms with van der Waals surface area (Å²) in [4.78, 5) is 20.4. The molecule has 3 rings (SSSR count). The van der Waals surface area contributed by atoms with Crippen molar-refractivity contribution in [2.75, 3.05) is 0 Å². The third kappa shape index (κ3) is 3.13. The quantitative estimate of drug-likeness (QED) is 0.558. The first-order valence-corrected chi connectivity index (χ1v) is 8.23. The molecule has 2 N–H and O–H groups in total. The van der Waals surface area contributed by atoms with Gasteiger partial charge in [-0.05, 0) is 23.8 Å². The maximum absolute atomic E-state index is 11.9. The average Bonchev–Trinajstić information content (AvgIpc) is 2.53. The molecule has 0 aliphatic heterocycles. The summed E-state index contributed by atoms with van der Waals surface area (Å²) in [5.41, 5.74) is 7.27. The Labute approximate surface area is 140 Å². The fraction of sp³-hybridized carbons (Fsp3) is 0.0625. The molecule has 4 nitrogen and oxygen atoms in total. The zero-order chi connectivity index (χ0) is 15.5. The highest BCUT2D eigenvalue weighted by atomic mass is 79.9. The first-order chi connectivity index (χ1) is 10.6. The topological polar surface area (TPSA) is 68.9 Å². The van der Waals surface area contributed by atoms with Crippen LogP contribution in [0, 0.1) is 0 Å².